The van der Waals surface area contributed by atoms with Gasteiger partial charge in [-0.2, -0.15) is 0 Å². The summed E-state index contributed by atoms with van der Waals surface area (Å²) in [6.07, 6.45) is -0.0267. The summed E-state index contributed by atoms with van der Waals surface area (Å²) in [4.78, 5) is 28.2. The summed E-state index contributed by atoms with van der Waals surface area (Å²) in [5.74, 6) is 0.704. The monoisotopic (exact) mass is 517 g/mol. The third kappa shape index (κ3) is 8.88. The van der Waals surface area contributed by atoms with Crippen molar-refractivity contribution in [1.82, 2.24) is 16.0 Å². The lowest BCUT2D eigenvalue weighted by Crippen LogP contribution is -2.42. The largest absolute Gasteiger partial charge is 0.444 e. The van der Waals surface area contributed by atoms with Crippen molar-refractivity contribution < 1.29 is 14.3 Å². The SMILES string of the molecule is CCNC(=NCC1CC(=O)Nc2ccccc21)NCCNC(=O)OC(C)(C)C.I. The highest BCUT2D eigenvalue weighted by Gasteiger charge is 2.24. The summed E-state index contributed by atoms with van der Waals surface area (Å²) in [5, 5.41) is 12.0. The number of nitrogens with zero attached hydrogens (tertiary/aromatic N) is 1. The Labute approximate surface area is 189 Å². The lowest BCUT2D eigenvalue weighted by molar-refractivity contribution is -0.116. The third-order valence-corrected chi connectivity index (χ3v) is 4.01. The molecule has 0 aromatic heterocycles. The first kappa shape index (κ1) is 25.0. The third-order valence-electron chi connectivity index (χ3n) is 4.01. The number of aliphatic imine (C=N–C) groups is 1. The number of rotatable bonds is 6. The quantitative estimate of drug-likeness (QED) is 0.201. The molecule has 29 heavy (non-hydrogen) atoms. The van der Waals surface area contributed by atoms with Crippen LogP contribution < -0.4 is 21.3 Å². The molecular weight excluding hydrogens is 485 g/mol. The van der Waals surface area contributed by atoms with Crippen LogP contribution in [0, 0.1) is 0 Å². The Hall–Kier alpha value is -2.04. The van der Waals surface area contributed by atoms with E-state index in [9.17, 15) is 9.59 Å². The number of halogens is 1. The van der Waals surface area contributed by atoms with Crippen LogP contribution >= 0.6 is 24.0 Å². The zero-order valence-electron chi connectivity index (χ0n) is 17.5. The first-order chi connectivity index (χ1) is 13.3. The van der Waals surface area contributed by atoms with Gasteiger partial charge in [0.05, 0.1) is 6.54 Å². The molecule has 162 valence electrons. The number of para-hydroxylation sites is 1. The van der Waals surface area contributed by atoms with Gasteiger partial charge in [-0.3, -0.25) is 9.79 Å². The van der Waals surface area contributed by atoms with Gasteiger partial charge in [-0.15, -0.1) is 24.0 Å². The lowest BCUT2D eigenvalue weighted by atomic mass is 9.91. The summed E-state index contributed by atoms with van der Waals surface area (Å²) in [7, 11) is 0. The Balaban J connectivity index is 0.00000420. The van der Waals surface area contributed by atoms with Crippen LogP contribution in [0.1, 0.15) is 45.6 Å². The molecule has 1 atom stereocenters. The maximum absolute atomic E-state index is 11.9. The predicted octanol–water partition coefficient (Wildman–Crippen LogP) is 2.81. The average Bonchev–Trinajstić information content (AvgIpc) is 2.61. The van der Waals surface area contributed by atoms with Crippen LogP contribution in [-0.4, -0.2) is 49.7 Å². The second-order valence-electron chi connectivity index (χ2n) is 7.61. The number of carbonyl (C=O) groups excluding carboxylic acids is 2. The predicted molar refractivity (Wildman–Crippen MR) is 126 cm³/mol. The number of hydrogen-bond acceptors (Lipinski definition) is 4. The first-order valence-corrected chi connectivity index (χ1v) is 9.66. The number of anilines is 1. The van der Waals surface area contributed by atoms with E-state index in [0.29, 0.717) is 38.6 Å². The fourth-order valence-corrected chi connectivity index (χ4v) is 2.87. The molecule has 8 nitrogen and oxygen atoms in total. The number of alkyl carbamates (subject to hydrolysis) is 1. The van der Waals surface area contributed by atoms with Crippen molar-refractivity contribution in [2.45, 2.75) is 45.6 Å². The molecule has 4 N–H and O–H groups in total. The van der Waals surface area contributed by atoms with E-state index in [1.165, 1.54) is 0 Å². The molecule has 0 saturated heterocycles. The van der Waals surface area contributed by atoms with Crippen molar-refractivity contribution in [3.05, 3.63) is 29.8 Å². The van der Waals surface area contributed by atoms with E-state index < -0.39 is 11.7 Å². The van der Waals surface area contributed by atoms with Gasteiger partial charge < -0.3 is 26.0 Å². The van der Waals surface area contributed by atoms with Gasteiger partial charge in [0.25, 0.3) is 0 Å². The van der Waals surface area contributed by atoms with Crippen LogP contribution in [-0.2, 0) is 9.53 Å². The molecule has 1 aliphatic rings. The van der Waals surface area contributed by atoms with Crippen molar-refractivity contribution in [3.63, 3.8) is 0 Å². The summed E-state index contributed by atoms with van der Waals surface area (Å²) >= 11 is 0. The highest BCUT2D eigenvalue weighted by Crippen LogP contribution is 2.31. The number of carbonyl (C=O) groups is 2. The minimum Gasteiger partial charge on any atom is -0.444 e. The van der Waals surface area contributed by atoms with Crippen molar-refractivity contribution >= 4 is 47.6 Å². The van der Waals surface area contributed by atoms with Gasteiger partial charge in [0.2, 0.25) is 5.91 Å². The van der Waals surface area contributed by atoms with Gasteiger partial charge in [-0.05, 0) is 39.3 Å². The number of fused-ring (bicyclic) bond motifs is 1. The number of hydrogen-bond donors (Lipinski definition) is 4. The zero-order valence-corrected chi connectivity index (χ0v) is 19.8. The van der Waals surface area contributed by atoms with E-state index in [1.54, 1.807) is 0 Å². The standard InChI is InChI=1S/C20H31N5O3.HI/c1-5-21-18(22-10-11-23-19(27)28-20(2,3)4)24-13-14-12-17(26)25-16-9-7-6-8-15(14)16;/h6-9,14H,5,10-13H2,1-4H3,(H,23,27)(H,25,26)(H2,21,22,24);1H. The number of amides is 2. The van der Waals surface area contributed by atoms with Crippen LogP contribution in [0.4, 0.5) is 10.5 Å². The fraction of sp³-hybridized carbons (Fsp3) is 0.550. The van der Waals surface area contributed by atoms with Crippen LogP contribution in [0.5, 0.6) is 0 Å². The minimum absolute atomic E-state index is 0. The second-order valence-corrected chi connectivity index (χ2v) is 7.61. The van der Waals surface area contributed by atoms with E-state index in [-0.39, 0.29) is 35.8 Å². The molecule has 1 aromatic carbocycles. The Bertz CT molecular complexity index is 718. The topological polar surface area (TPSA) is 104 Å². The molecule has 1 heterocycles. The van der Waals surface area contributed by atoms with E-state index >= 15 is 0 Å². The lowest BCUT2D eigenvalue weighted by Gasteiger charge is -2.24. The van der Waals surface area contributed by atoms with Crippen molar-refractivity contribution in [2.24, 2.45) is 4.99 Å². The Morgan fingerprint density at radius 3 is 2.59 bits per heavy atom. The zero-order chi connectivity index (χ0) is 20.6. The van der Waals surface area contributed by atoms with Gasteiger partial charge in [-0.25, -0.2) is 4.79 Å². The number of guanidine groups is 1. The Kier molecular flexibility index (Phi) is 10.2. The van der Waals surface area contributed by atoms with Crippen molar-refractivity contribution in [3.8, 4) is 0 Å². The molecule has 0 aliphatic carbocycles. The average molecular weight is 517 g/mol. The van der Waals surface area contributed by atoms with Crippen LogP contribution in [0.2, 0.25) is 0 Å². The van der Waals surface area contributed by atoms with E-state index in [4.69, 9.17) is 4.74 Å². The summed E-state index contributed by atoms with van der Waals surface area (Å²) in [6.45, 7) is 9.59. The van der Waals surface area contributed by atoms with Crippen molar-refractivity contribution in [2.75, 3.05) is 31.5 Å². The number of ether oxygens (including phenoxy) is 1. The maximum Gasteiger partial charge on any atom is 0.407 e. The Morgan fingerprint density at radius 2 is 1.90 bits per heavy atom. The smallest absolute Gasteiger partial charge is 0.407 e. The molecule has 0 saturated carbocycles. The second kappa shape index (κ2) is 11.8. The molecule has 0 radical (unpaired) electrons. The molecule has 2 rings (SSSR count). The molecule has 0 bridgehead atoms. The number of benzene rings is 1. The minimum atomic E-state index is -0.517. The molecule has 1 unspecified atom stereocenters. The summed E-state index contributed by atoms with van der Waals surface area (Å²) in [5.41, 5.74) is 1.45. The molecular formula is C20H32IN5O3. The van der Waals surface area contributed by atoms with Gasteiger partial charge in [-0.1, -0.05) is 18.2 Å². The fourth-order valence-electron chi connectivity index (χ4n) is 2.87. The maximum atomic E-state index is 11.9. The van der Waals surface area contributed by atoms with Gasteiger partial charge in [0, 0.05) is 37.7 Å². The molecule has 9 heteroatoms. The van der Waals surface area contributed by atoms with Gasteiger partial charge in [0.15, 0.2) is 5.96 Å². The molecule has 0 spiro atoms. The molecule has 1 aliphatic heterocycles. The van der Waals surface area contributed by atoms with E-state index in [2.05, 4.69) is 26.3 Å². The Morgan fingerprint density at radius 1 is 1.21 bits per heavy atom. The highest BCUT2D eigenvalue weighted by atomic mass is 127. The van der Waals surface area contributed by atoms with Crippen LogP contribution in [0.15, 0.2) is 29.3 Å². The van der Waals surface area contributed by atoms with Crippen LogP contribution in [0.3, 0.4) is 0 Å². The normalized spacial score (nSPS) is 16.1. The van der Waals surface area contributed by atoms with E-state index in [0.717, 1.165) is 11.3 Å². The summed E-state index contributed by atoms with van der Waals surface area (Å²) in [6, 6.07) is 7.82. The molecule has 1 aromatic rings. The van der Waals surface area contributed by atoms with Gasteiger partial charge >= 0.3 is 6.09 Å². The van der Waals surface area contributed by atoms with Crippen LogP contribution in [0.25, 0.3) is 0 Å². The van der Waals surface area contributed by atoms with E-state index in [1.807, 2.05) is 52.0 Å². The van der Waals surface area contributed by atoms with Gasteiger partial charge in [0.1, 0.15) is 5.60 Å². The number of nitrogens with one attached hydrogen (secondary N) is 4. The summed E-state index contributed by atoms with van der Waals surface area (Å²) < 4.78 is 5.20. The molecule has 2 amide bonds. The highest BCUT2D eigenvalue weighted by molar-refractivity contribution is 14.0. The molecule has 0 fully saturated rings. The van der Waals surface area contributed by atoms with Crippen molar-refractivity contribution in [1.29, 1.82) is 0 Å². The first-order valence-electron chi connectivity index (χ1n) is 9.66.